The van der Waals surface area contributed by atoms with Crippen LogP contribution >= 0.6 is 11.6 Å². The molecular formula is C25H29ClF2N2O2. The van der Waals surface area contributed by atoms with E-state index in [2.05, 4.69) is 42.4 Å². The van der Waals surface area contributed by atoms with Gasteiger partial charge >= 0.3 is 0 Å². The highest BCUT2D eigenvalue weighted by Gasteiger charge is 2.57. The van der Waals surface area contributed by atoms with Crippen LogP contribution in [-0.4, -0.2) is 36.7 Å². The highest BCUT2D eigenvalue weighted by atomic mass is 35.5. The van der Waals surface area contributed by atoms with Gasteiger partial charge in [0.2, 0.25) is 0 Å². The molecule has 0 bridgehead atoms. The van der Waals surface area contributed by atoms with E-state index in [1.807, 2.05) is 12.1 Å². The van der Waals surface area contributed by atoms with Crippen LogP contribution in [0.5, 0.6) is 11.5 Å². The fraction of sp³-hybridized carbons (Fsp3) is 0.480. The van der Waals surface area contributed by atoms with E-state index >= 15 is 0 Å². The summed E-state index contributed by atoms with van der Waals surface area (Å²) in [7, 11) is 0. The van der Waals surface area contributed by atoms with Gasteiger partial charge in [-0.05, 0) is 37.0 Å². The van der Waals surface area contributed by atoms with Crippen molar-refractivity contribution in [1.29, 1.82) is 0 Å². The lowest BCUT2D eigenvalue weighted by molar-refractivity contribution is 0.0855. The molecule has 0 amide bonds. The molecule has 4 nitrogen and oxygen atoms in total. The number of benzene rings is 1. The van der Waals surface area contributed by atoms with Gasteiger partial charge in [-0.1, -0.05) is 36.2 Å². The Morgan fingerprint density at radius 3 is 2.66 bits per heavy atom. The van der Waals surface area contributed by atoms with Gasteiger partial charge in [0.1, 0.15) is 23.4 Å². The smallest absolute Gasteiger partial charge is 0.255 e. The van der Waals surface area contributed by atoms with E-state index in [1.165, 1.54) is 11.1 Å². The second-order valence-electron chi connectivity index (χ2n) is 9.06. The van der Waals surface area contributed by atoms with Gasteiger partial charge in [-0.15, -0.1) is 6.58 Å². The molecule has 1 aromatic carbocycles. The third kappa shape index (κ3) is 5.52. The molecule has 2 fully saturated rings. The normalized spacial score (nSPS) is 22.5. The minimum atomic E-state index is -2.59. The maximum absolute atomic E-state index is 13.0. The van der Waals surface area contributed by atoms with Gasteiger partial charge in [-0.25, -0.2) is 13.8 Å². The topological polar surface area (TPSA) is 34.6 Å². The molecule has 4 rings (SSSR count). The van der Waals surface area contributed by atoms with Crippen molar-refractivity contribution in [3.8, 4) is 11.5 Å². The molecule has 0 spiro atoms. The largest absolute Gasteiger partial charge is 0.491 e. The van der Waals surface area contributed by atoms with Crippen LogP contribution in [0.4, 0.5) is 14.6 Å². The summed E-state index contributed by atoms with van der Waals surface area (Å²) in [6, 6.07) is 9.92. The van der Waals surface area contributed by atoms with E-state index in [0.717, 1.165) is 25.1 Å². The number of aromatic nitrogens is 1. The van der Waals surface area contributed by atoms with Gasteiger partial charge in [-0.2, -0.15) is 0 Å². The van der Waals surface area contributed by atoms with Gasteiger partial charge in [0.05, 0.1) is 30.3 Å². The van der Waals surface area contributed by atoms with Crippen LogP contribution in [0.15, 0.2) is 48.7 Å². The van der Waals surface area contributed by atoms with E-state index in [4.69, 9.17) is 21.1 Å². The quantitative estimate of drug-likeness (QED) is 0.398. The number of ether oxygens (including phenoxy) is 2. The fourth-order valence-corrected chi connectivity index (χ4v) is 4.37. The highest BCUT2D eigenvalue weighted by molar-refractivity contribution is 6.33. The second kappa shape index (κ2) is 9.26. The molecule has 1 saturated heterocycles. The van der Waals surface area contributed by atoms with Crippen molar-refractivity contribution in [1.82, 2.24) is 4.98 Å². The van der Waals surface area contributed by atoms with Crippen LogP contribution in [0, 0.1) is 5.92 Å². The third-order valence-electron chi connectivity index (χ3n) is 6.05. The summed E-state index contributed by atoms with van der Waals surface area (Å²) < 4.78 is 37.6. The molecule has 1 aromatic heterocycles. The number of nitrogens with zero attached hydrogens (tertiary/aromatic N) is 2. The highest BCUT2D eigenvalue weighted by Crippen LogP contribution is 2.48. The summed E-state index contributed by atoms with van der Waals surface area (Å²) in [5.74, 6) is -0.946. The molecule has 7 heteroatoms. The second-order valence-corrected chi connectivity index (χ2v) is 9.46. The Morgan fingerprint density at radius 2 is 2.03 bits per heavy atom. The summed E-state index contributed by atoms with van der Waals surface area (Å²) in [5.41, 5.74) is 2.46. The van der Waals surface area contributed by atoms with Crippen LogP contribution in [0.1, 0.15) is 44.6 Å². The van der Waals surface area contributed by atoms with Gasteiger partial charge in [0.25, 0.3) is 5.92 Å². The monoisotopic (exact) mass is 462 g/mol. The van der Waals surface area contributed by atoms with Crippen LogP contribution in [0.3, 0.4) is 0 Å². The number of hydrogen-bond acceptors (Lipinski definition) is 4. The Bertz CT molecular complexity index is 967. The predicted molar refractivity (Wildman–Crippen MR) is 123 cm³/mol. The maximum Gasteiger partial charge on any atom is 0.255 e. The lowest BCUT2D eigenvalue weighted by Gasteiger charge is -2.20. The molecule has 2 unspecified atom stereocenters. The lowest BCUT2D eigenvalue weighted by Crippen LogP contribution is -2.25. The average molecular weight is 463 g/mol. The predicted octanol–water partition coefficient (Wildman–Crippen LogP) is 6.50. The Balaban J connectivity index is 1.30. The van der Waals surface area contributed by atoms with E-state index in [0.29, 0.717) is 29.1 Å². The van der Waals surface area contributed by atoms with Crippen molar-refractivity contribution in [2.45, 2.75) is 51.1 Å². The minimum absolute atomic E-state index is 0.0191. The number of rotatable bonds is 9. The van der Waals surface area contributed by atoms with Crippen molar-refractivity contribution in [2.75, 3.05) is 24.6 Å². The average Bonchev–Trinajstić information content (AvgIpc) is 3.11. The first-order valence-corrected chi connectivity index (χ1v) is 11.4. The molecule has 32 heavy (non-hydrogen) atoms. The van der Waals surface area contributed by atoms with Crippen molar-refractivity contribution in [3.05, 3.63) is 59.3 Å². The lowest BCUT2D eigenvalue weighted by atomic mass is 9.95. The molecule has 1 aliphatic heterocycles. The van der Waals surface area contributed by atoms with E-state index in [9.17, 15) is 8.78 Å². The summed E-state index contributed by atoms with van der Waals surface area (Å²) in [4.78, 5) is 6.49. The number of anilines is 1. The maximum atomic E-state index is 13.0. The van der Waals surface area contributed by atoms with Gasteiger partial charge < -0.3 is 14.4 Å². The van der Waals surface area contributed by atoms with Crippen molar-refractivity contribution >= 4 is 17.4 Å². The minimum Gasteiger partial charge on any atom is -0.491 e. The van der Waals surface area contributed by atoms with E-state index in [1.54, 1.807) is 12.3 Å². The Hall–Kier alpha value is -2.34. The third-order valence-corrected chi connectivity index (χ3v) is 6.33. The van der Waals surface area contributed by atoms with Gasteiger partial charge in [0.15, 0.2) is 0 Å². The summed E-state index contributed by atoms with van der Waals surface area (Å²) in [6.45, 7) is 9.68. The molecule has 0 radical (unpaired) electrons. The molecule has 0 N–H and O–H groups in total. The molecule has 2 aromatic rings. The van der Waals surface area contributed by atoms with Crippen LogP contribution in [-0.2, 0) is 0 Å². The Kier molecular flexibility index (Phi) is 6.61. The summed E-state index contributed by atoms with van der Waals surface area (Å²) in [5, 5.41) is 0.446. The molecule has 172 valence electrons. The zero-order valence-corrected chi connectivity index (χ0v) is 19.2. The number of allylic oxidation sites excluding steroid dienone is 1. The van der Waals surface area contributed by atoms with Gasteiger partial charge in [-0.3, -0.25) is 0 Å². The standard InChI is InChI=1S/C25H29ClF2N2O2/c1-16(2)10-17(3)18-4-6-20(7-5-18)32-21-8-9-30(14-21)24-23(26)11-22(13-29-24)31-15-19-12-25(19,27)28/h4-7,11,13,17,19,21H,1,8-10,12,14-15H2,2-3H3/t17-,19?,21?/m1/s1. The summed E-state index contributed by atoms with van der Waals surface area (Å²) >= 11 is 6.41. The van der Waals surface area contributed by atoms with Crippen LogP contribution in [0.2, 0.25) is 5.02 Å². The van der Waals surface area contributed by atoms with Crippen molar-refractivity contribution in [2.24, 2.45) is 5.92 Å². The molecule has 2 aliphatic rings. The summed E-state index contributed by atoms with van der Waals surface area (Å²) in [6.07, 6.45) is 3.31. The van der Waals surface area contributed by atoms with Crippen LogP contribution in [0.25, 0.3) is 0 Å². The number of alkyl halides is 2. The first kappa shape index (κ1) is 22.8. The molecule has 1 saturated carbocycles. The Morgan fingerprint density at radius 1 is 1.31 bits per heavy atom. The number of halogens is 3. The first-order chi connectivity index (χ1) is 15.2. The molecular weight excluding hydrogens is 434 g/mol. The molecule has 2 heterocycles. The first-order valence-electron chi connectivity index (χ1n) is 11.0. The fourth-order valence-electron chi connectivity index (χ4n) is 4.10. The van der Waals surface area contributed by atoms with Crippen LogP contribution < -0.4 is 14.4 Å². The zero-order valence-electron chi connectivity index (χ0n) is 18.5. The van der Waals surface area contributed by atoms with Gasteiger partial charge in [0, 0.05) is 25.5 Å². The number of hydrogen-bond donors (Lipinski definition) is 0. The Labute approximate surface area is 193 Å². The number of pyridine rings is 1. The SMILES string of the molecule is C=C(C)C[C@@H](C)c1ccc(OC2CCN(c3ncc(OCC4CC4(F)F)cc3Cl)C2)cc1. The van der Waals surface area contributed by atoms with Crippen molar-refractivity contribution < 1.29 is 18.3 Å². The molecule has 3 atom stereocenters. The zero-order chi connectivity index (χ0) is 22.9. The molecule has 1 aliphatic carbocycles. The van der Waals surface area contributed by atoms with Crippen molar-refractivity contribution in [3.63, 3.8) is 0 Å². The van der Waals surface area contributed by atoms with E-state index in [-0.39, 0.29) is 19.1 Å². The van der Waals surface area contributed by atoms with E-state index < -0.39 is 11.8 Å².